The highest BCUT2D eigenvalue weighted by Gasteiger charge is 1.90. The maximum Gasteiger partial charge on any atom is 0.00975 e. The van der Waals surface area contributed by atoms with Gasteiger partial charge in [0.15, 0.2) is 0 Å². The zero-order valence-corrected chi connectivity index (χ0v) is 7.00. The number of halogens is 1. The monoisotopic (exact) mass is 152 g/mol. The molecule has 0 spiro atoms. The van der Waals surface area contributed by atoms with Gasteiger partial charge >= 0.3 is 0 Å². The molecule has 0 radical (unpaired) electrons. The maximum atomic E-state index is 5.06. The van der Waals surface area contributed by atoms with Gasteiger partial charge in [-0.05, 0) is 18.8 Å². The van der Waals surface area contributed by atoms with Crippen molar-refractivity contribution in [2.45, 2.75) is 26.7 Å². The Balaban J connectivity index is 0. The van der Waals surface area contributed by atoms with E-state index < -0.39 is 0 Å². The number of rotatable bonds is 4. The summed E-state index contributed by atoms with van der Waals surface area (Å²) >= 11 is 0. The van der Waals surface area contributed by atoms with Crippen molar-refractivity contribution in [3.63, 3.8) is 0 Å². The van der Waals surface area contributed by atoms with Crippen LogP contribution in [0.4, 0.5) is 0 Å². The molecule has 0 aromatic heterocycles. The molecule has 0 aromatic rings. The van der Waals surface area contributed by atoms with Gasteiger partial charge in [0.05, 0.1) is 0 Å². The second-order valence-electron chi connectivity index (χ2n) is 2.49. The van der Waals surface area contributed by atoms with E-state index in [0.29, 0.717) is 0 Å². The van der Waals surface area contributed by atoms with Gasteiger partial charge in [-0.15, -0.1) is 12.4 Å². The van der Waals surface area contributed by atoms with Crippen molar-refractivity contribution < 1.29 is 0 Å². The lowest BCUT2D eigenvalue weighted by Gasteiger charge is -2.01. The molecule has 0 rings (SSSR count). The van der Waals surface area contributed by atoms with E-state index in [0.717, 1.165) is 12.5 Å². The minimum Gasteiger partial charge on any atom is -0.271 e. The SMILES string of the molecule is CC(C)CCCNN.Cl. The highest BCUT2D eigenvalue weighted by Crippen LogP contribution is 2.00. The van der Waals surface area contributed by atoms with Crippen LogP contribution >= 0.6 is 12.4 Å². The van der Waals surface area contributed by atoms with Gasteiger partial charge in [-0.1, -0.05) is 13.8 Å². The Morgan fingerprint density at radius 3 is 2.33 bits per heavy atom. The first kappa shape index (κ1) is 11.9. The second-order valence-corrected chi connectivity index (χ2v) is 2.49. The molecule has 0 atom stereocenters. The molecular formula is C6H17ClN2. The lowest BCUT2D eigenvalue weighted by atomic mass is 10.1. The summed E-state index contributed by atoms with van der Waals surface area (Å²) in [6.45, 7) is 5.38. The molecular weight excluding hydrogens is 136 g/mol. The molecule has 2 nitrogen and oxygen atoms in total. The van der Waals surface area contributed by atoms with Crippen LogP contribution in [0.3, 0.4) is 0 Å². The van der Waals surface area contributed by atoms with Gasteiger partial charge in [-0.3, -0.25) is 11.3 Å². The fourth-order valence-electron chi connectivity index (χ4n) is 0.612. The van der Waals surface area contributed by atoms with Gasteiger partial charge in [0.1, 0.15) is 0 Å². The molecule has 0 amide bonds. The maximum absolute atomic E-state index is 5.06. The molecule has 0 aliphatic rings. The second kappa shape index (κ2) is 8.21. The van der Waals surface area contributed by atoms with Crippen molar-refractivity contribution in [2.24, 2.45) is 11.8 Å². The number of hydrogen-bond acceptors (Lipinski definition) is 2. The Morgan fingerprint density at radius 1 is 1.44 bits per heavy atom. The van der Waals surface area contributed by atoms with Crippen LogP contribution in [0.15, 0.2) is 0 Å². The molecule has 3 N–H and O–H groups in total. The molecule has 9 heavy (non-hydrogen) atoms. The molecule has 0 saturated carbocycles. The van der Waals surface area contributed by atoms with E-state index in [1.54, 1.807) is 0 Å². The number of hydrogen-bond donors (Lipinski definition) is 2. The highest BCUT2D eigenvalue weighted by molar-refractivity contribution is 5.85. The summed E-state index contributed by atoms with van der Waals surface area (Å²) in [7, 11) is 0. The topological polar surface area (TPSA) is 38.0 Å². The first-order valence-electron chi connectivity index (χ1n) is 3.21. The van der Waals surface area contributed by atoms with Gasteiger partial charge in [-0.2, -0.15) is 0 Å². The normalized spacial score (nSPS) is 9.33. The van der Waals surface area contributed by atoms with Crippen molar-refractivity contribution in [3.05, 3.63) is 0 Å². The molecule has 3 heteroatoms. The average Bonchev–Trinajstić information content (AvgIpc) is 1.66. The third kappa shape index (κ3) is 11.7. The van der Waals surface area contributed by atoms with Crippen LogP contribution in [0, 0.1) is 5.92 Å². The lowest BCUT2D eigenvalue weighted by Crippen LogP contribution is -2.23. The molecule has 0 heterocycles. The Kier molecular flexibility index (Phi) is 10.9. The Labute approximate surface area is 63.6 Å². The van der Waals surface area contributed by atoms with E-state index in [1.807, 2.05) is 0 Å². The van der Waals surface area contributed by atoms with Gasteiger partial charge in [-0.25, -0.2) is 0 Å². The average molecular weight is 153 g/mol. The predicted octanol–water partition coefficient (Wildman–Crippen LogP) is 1.31. The van der Waals surface area contributed by atoms with Crippen LogP contribution < -0.4 is 11.3 Å². The largest absolute Gasteiger partial charge is 0.271 e. The summed E-state index contributed by atoms with van der Waals surface area (Å²) in [5.74, 6) is 5.87. The molecule has 0 aliphatic carbocycles. The lowest BCUT2D eigenvalue weighted by molar-refractivity contribution is 0.534. The number of nitrogens with one attached hydrogen (secondary N) is 1. The summed E-state index contributed by atoms with van der Waals surface area (Å²) in [5.41, 5.74) is 2.62. The Bertz CT molecular complexity index is 48.3. The standard InChI is InChI=1S/C6H16N2.ClH/c1-6(2)4-3-5-8-7;/h6,8H,3-5,7H2,1-2H3;1H. The van der Waals surface area contributed by atoms with Crippen molar-refractivity contribution >= 4 is 12.4 Å². The van der Waals surface area contributed by atoms with Crippen molar-refractivity contribution in [3.8, 4) is 0 Å². The van der Waals surface area contributed by atoms with Gasteiger partial charge in [0.25, 0.3) is 0 Å². The summed E-state index contributed by atoms with van der Waals surface area (Å²) in [4.78, 5) is 0. The first-order valence-corrected chi connectivity index (χ1v) is 3.21. The zero-order chi connectivity index (χ0) is 6.41. The van der Waals surface area contributed by atoms with Gasteiger partial charge < -0.3 is 0 Å². The smallest absolute Gasteiger partial charge is 0.00975 e. The minimum absolute atomic E-state index is 0. The number of hydrazine groups is 1. The van der Waals surface area contributed by atoms with Crippen LogP contribution in [0.2, 0.25) is 0 Å². The minimum atomic E-state index is 0. The predicted molar refractivity (Wildman–Crippen MR) is 43.5 cm³/mol. The number of nitrogens with two attached hydrogens (primary N) is 1. The molecule has 0 saturated heterocycles. The molecule has 0 aromatic carbocycles. The van der Waals surface area contributed by atoms with Crippen LogP contribution in [0.25, 0.3) is 0 Å². The van der Waals surface area contributed by atoms with E-state index >= 15 is 0 Å². The molecule has 0 bridgehead atoms. The van der Waals surface area contributed by atoms with E-state index in [9.17, 15) is 0 Å². The molecule has 58 valence electrons. The van der Waals surface area contributed by atoms with Gasteiger partial charge in [0, 0.05) is 6.54 Å². The van der Waals surface area contributed by atoms with E-state index in [-0.39, 0.29) is 12.4 Å². The van der Waals surface area contributed by atoms with E-state index in [2.05, 4.69) is 19.3 Å². The zero-order valence-electron chi connectivity index (χ0n) is 6.18. The molecule has 0 unspecified atom stereocenters. The quantitative estimate of drug-likeness (QED) is 0.362. The summed E-state index contributed by atoms with van der Waals surface area (Å²) < 4.78 is 0. The van der Waals surface area contributed by atoms with E-state index in [4.69, 9.17) is 5.84 Å². The van der Waals surface area contributed by atoms with Crippen LogP contribution in [0.5, 0.6) is 0 Å². The highest BCUT2D eigenvalue weighted by atomic mass is 35.5. The van der Waals surface area contributed by atoms with Crippen LogP contribution in [-0.2, 0) is 0 Å². The van der Waals surface area contributed by atoms with Crippen LogP contribution in [0.1, 0.15) is 26.7 Å². The van der Waals surface area contributed by atoms with Crippen molar-refractivity contribution in [2.75, 3.05) is 6.54 Å². The molecule has 0 aliphatic heterocycles. The third-order valence-electron chi connectivity index (χ3n) is 1.10. The Hall–Kier alpha value is 0.210. The van der Waals surface area contributed by atoms with Crippen molar-refractivity contribution in [1.82, 2.24) is 5.43 Å². The summed E-state index contributed by atoms with van der Waals surface area (Å²) in [6, 6.07) is 0. The summed E-state index contributed by atoms with van der Waals surface area (Å²) in [5, 5.41) is 0. The van der Waals surface area contributed by atoms with Gasteiger partial charge in [0.2, 0.25) is 0 Å². The first-order chi connectivity index (χ1) is 3.77. The van der Waals surface area contributed by atoms with Crippen LogP contribution in [-0.4, -0.2) is 6.54 Å². The third-order valence-corrected chi connectivity index (χ3v) is 1.10. The fraction of sp³-hybridized carbons (Fsp3) is 1.00. The summed E-state index contributed by atoms with van der Waals surface area (Å²) in [6.07, 6.45) is 2.46. The molecule has 0 fully saturated rings. The fourth-order valence-corrected chi connectivity index (χ4v) is 0.612. The van der Waals surface area contributed by atoms with Crippen molar-refractivity contribution in [1.29, 1.82) is 0 Å². The Morgan fingerprint density at radius 2 is 2.00 bits per heavy atom. The van der Waals surface area contributed by atoms with E-state index in [1.165, 1.54) is 12.8 Å².